The molecular formula is C11H16N2O8P+. The molecule has 11 heteroatoms. The fourth-order valence-electron chi connectivity index (χ4n) is 2.08. The number of hydrogen-bond acceptors (Lipinski definition) is 6. The van der Waals surface area contributed by atoms with E-state index in [9.17, 15) is 19.6 Å². The fraction of sp³-hybridized carbons (Fsp3) is 0.455. The van der Waals surface area contributed by atoms with E-state index in [0.717, 1.165) is 0 Å². The molecule has 0 aliphatic carbocycles. The maximum Gasteiger partial charge on any atom is 0.469 e. The van der Waals surface area contributed by atoms with Gasteiger partial charge in [-0.3, -0.25) is 9.32 Å². The third kappa shape index (κ3) is 3.87. The summed E-state index contributed by atoms with van der Waals surface area (Å²) in [5.41, 5.74) is 5.32. The number of aromatic nitrogens is 1. The summed E-state index contributed by atoms with van der Waals surface area (Å²) >= 11 is 0. The molecule has 6 N–H and O–H groups in total. The monoisotopic (exact) mass is 335 g/mol. The van der Waals surface area contributed by atoms with E-state index in [1.165, 1.54) is 29.1 Å². The molecule has 1 aromatic rings. The maximum atomic E-state index is 11.1. The maximum absolute atomic E-state index is 11.1. The number of phosphoric acid groups is 1. The average Bonchev–Trinajstić information content (AvgIpc) is 2.72. The molecular weight excluding hydrogens is 319 g/mol. The van der Waals surface area contributed by atoms with Gasteiger partial charge in [0.25, 0.3) is 12.1 Å². The smallest absolute Gasteiger partial charge is 0.387 e. The van der Waals surface area contributed by atoms with Crippen molar-refractivity contribution in [1.29, 1.82) is 0 Å². The lowest BCUT2D eigenvalue weighted by atomic mass is 10.1. The van der Waals surface area contributed by atoms with Gasteiger partial charge in [0.2, 0.25) is 0 Å². The van der Waals surface area contributed by atoms with E-state index >= 15 is 0 Å². The quantitative estimate of drug-likeness (QED) is 0.299. The Labute approximate surface area is 124 Å². The van der Waals surface area contributed by atoms with Crippen LogP contribution in [0.4, 0.5) is 0 Å². The number of nitrogens with two attached hydrogens (primary N) is 1. The molecule has 0 bridgehead atoms. The van der Waals surface area contributed by atoms with Crippen molar-refractivity contribution in [2.24, 2.45) is 5.73 Å². The van der Waals surface area contributed by atoms with Gasteiger partial charge in [0, 0.05) is 6.07 Å². The molecule has 22 heavy (non-hydrogen) atoms. The van der Waals surface area contributed by atoms with E-state index in [0.29, 0.717) is 0 Å². The highest BCUT2D eigenvalue weighted by molar-refractivity contribution is 7.46. The van der Waals surface area contributed by atoms with E-state index in [1.807, 2.05) is 0 Å². The first-order valence-electron chi connectivity index (χ1n) is 6.21. The number of aliphatic hydroxyl groups is 2. The van der Waals surface area contributed by atoms with E-state index in [2.05, 4.69) is 4.52 Å². The van der Waals surface area contributed by atoms with E-state index in [-0.39, 0.29) is 5.56 Å². The molecule has 1 fully saturated rings. The Morgan fingerprint density at radius 2 is 2.09 bits per heavy atom. The summed E-state index contributed by atoms with van der Waals surface area (Å²) in [6, 6.07) is 2.97. The number of aliphatic hydroxyl groups excluding tert-OH is 2. The Morgan fingerprint density at radius 1 is 1.41 bits per heavy atom. The summed E-state index contributed by atoms with van der Waals surface area (Å²) in [4.78, 5) is 28.4. The van der Waals surface area contributed by atoms with Crippen molar-refractivity contribution in [1.82, 2.24) is 0 Å². The molecule has 0 spiro atoms. The van der Waals surface area contributed by atoms with Crippen molar-refractivity contribution in [3.63, 3.8) is 0 Å². The third-order valence-corrected chi connectivity index (χ3v) is 3.63. The first-order chi connectivity index (χ1) is 10.2. The van der Waals surface area contributed by atoms with Gasteiger partial charge in [-0.25, -0.2) is 4.57 Å². The zero-order valence-corrected chi connectivity index (χ0v) is 12.1. The predicted octanol–water partition coefficient (Wildman–Crippen LogP) is -2.20. The summed E-state index contributed by atoms with van der Waals surface area (Å²) in [6.07, 6.45) is -2.18. The molecule has 122 valence electrons. The molecule has 1 aromatic heterocycles. The van der Waals surface area contributed by atoms with Gasteiger partial charge in [0.05, 0.1) is 6.61 Å². The second-order valence-corrected chi connectivity index (χ2v) is 5.98. The zero-order chi connectivity index (χ0) is 16.5. The van der Waals surface area contributed by atoms with Crippen molar-refractivity contribution in [2.45, 2.75) is 24.5 Å². The van der Waals surface area contributed by atoms with Crippen LogP contribution in [0.15, 0.2) is 24.5 Å². The van der Waals surface area contributed by atoms with Crippen molar-refractivity contribution < 1.29 is 43.2 Å². The number of pyridine rings is 1. The van der Waals surface area contributed by atoms with E-state index in [1.54, 1.807) is 0 Å². The predicted molar refractivity (Wildman–Crippen MR) is 69.1 cm³/mol. The van der Waals surface area contributed by atoms with Gasteiger partial charge in [-0.1, -0.05) is 0 Å². The van der Waals surface area contributed by atoms with Gasteiger partial charge in [0.1, 0.15) is 17.8 Å². The van der Waals surface area contributed by atoms with Crippen LogP contribution in [0.3, 0.4) is 0 Å². The lowest BCUT2D eigenvalue weighted by Gasteiger charge is -2.13. The number of carbonyl (C=O) groups is 1. The van der Waals surface area contributed by atoms with E-state index in [4.69, 9.17) is 20.3 Å². The third-order valence-electron chi connectivity index (χ3n) is 3.14. The number of carbonyl (C=O) groups excluding carboxylic acids is 1. The van der Waals surface area contributed by atoms with Crippen LogP contribution in [0, 0.1) is 0 Å². The van der Waals surface area contributed by atoms with Crippen LogP contribution in [0.5, 0.6) is 0 Å². The van der Waals surface area contributed by atoms with Crippen LogP contribution in [0.1, 0.15) is 16.6 Å². The molecule has 2 rings (SSSR count). The minimum atomic E-state index is -4.72. The van der Waals surface area contributed by atoms with Crippen LogP contribution < -0.4 is 10.3 Å². The van der Waals surface area contributed by atoms with Crippen LogP contribution in [-0.4, -0.2) is 50.8 Å². The molecule has 2 heterocycles. The molecule has 1 unspecified atom stereocenters. The van der Waals surface area contributed by atoms with Gasteiger partial charge in [-0.15, -0.1) is 0 Å². The van der Waals surface area contributed by atoms with Gasteiger partial charge in [-0.2, -0.15) is 4.57 Å². The minimum absolute atomic E-state index is 0.169. The lowest BCUT2D eigenvalue weighted by Crippen LogP contribution is -2.46. The van der Waals surface area contributed by atoms with Crippen LogP contribution in [-0.2, 0) is 13.8 Å². The van der Waals surface area contributed by atoms with Crippen LogP contribution >= 0.6 is 7.82 Å². The number of hydrogen-bond donors (Lipinski definition) is 5. The summed E-state index contributed by atoms with van der Waals surface area (Å²) in [7, 11) is -4.72. The molecule has 10 nitrogen and oxygen atoms in total. The molecule has 4 atom stereocenters. The molecule has 1 aliphatic heterocycles. The summed E-state index contributed by atoms with van der Waals surface area (Å²) in [5.74, 6) is -0.677. The number of amides is 1. The lowest BCUT2D eigenvalue weighted by molar-refractivity contribution is -0.765. The Morgan fingerprint density at radius 3 is 2.68 bits per heavy atom. The normalized spacial score (nSPS) is 28.7. The number of nitrogens with zero attached hydrogens (tertiary/aromatic N) is 1. The Kier molecular flexibility index (Phi) is 4.93. The van der Waals surface area contributed by atoms with Gasteiger partial charge >= 0.3 is 7.82 Å². The van der Waals surface area contributed by atoms with Crippen molar-refractivity contribution >= 4 is 13.7 Å². The highest BCUT2D eigenvalue weighted by Gasteiger charge is 2.48. The molecule has 0 saturated carbocycles. The fourth-order valence-corrected chi connectivity index (χ4v) is 2.42. The van der Waals surface area contributed by atoms with Gasteiger partial charge in [0.15, 0.2) is 18.5 Å². The van der Waals surface area contributed by atoms with Gasteiger partial charge in [-0.05, 0) is 6.07 Å². The van der Waals surface area contributed by atoms with Crippen molar-refractivity contribution in [2.75, 3.05) is 6.61 Å². The summed E-state index contributed by atoms with van der Waals surface area (Å²) in [5, 5.41) is 19.8. The Hall–Kier alpha value is -1.39. The molecule has 1 saturated heterocycles. The molecule has 1 amide bonds. The molecule has 1 aliphatic rings. The second-order valence-electron chi connectivity index (χ2n) is 4.74. The number of rotatable bonds is 5. The first-order valence-corrected chi connectivity index (χ1v) is 7.74. The minimum Gasteiger partial charge on any atom is -0.387 e. The van der Waals surface area contributed by atoms with Crippen molar-refractivity contribution in [3.8, 4) is 0 Å². The zero-order valence-electron chi connectivity index (χ0n) is 11.2. The highest BCUT2D eigenvalue weighted by Crippen LogP contribution is 2.37. The molecule has 0 aromatic carbocycles. The first kappa shape index (κ1) is 17.0. The topological polar surface area (TPSA) is 163 Å². The number of ether oxygens (including phenoxy) is 1. The summed E-state index contributed by atoms with van der Waals surface area (Å²) < 4.78 is 21.6. The highest BCUT2D eigenvalue weighted by atomic mass is 31.2. The molecule has 0 radical (unpaired) electrons. The van der Waals surface area contributed by atoms with Crippen LogP contribution in [0.25, 0.3) is 0 Å². The Bertz CT molecular complexity index is 606. The van der Waals surface area contributed by atoms with Crippen molar-refractivity contribution in [3.05, 3.63) is 30.1 Å². The number of phosphoric ester groups is 1. The van der Waals surface area contributed by atoms with E-state index < -0.39 is 44.9 Å². The standard InChI is InChI=1S/C11H15N2O8P/c12-10(16)6-2-1-3-13(4-6)11-9(15)8(14)7(21-11)5-20-22(17,18)19/h1-4,7-9,11,14-15H,5H2,(H3-,12,16,17,18,19)/p+1/t7-,8?,9-,11-/m1/s1. The SMILES string of the molecule is NC(=O)c1ccc[n+]([C@@H]2O[C@H](COP(=O)(O)O)C(O)[C@H]2O)c1. The van der Waals surface area contributed by atoms with Gasteiger partial charge < -0.3 is 30.5 Å². The van der Waals surface area contributed by atoms with Crippen LogP contribution in [0.2, 0.25) is 0 Å². The largest absolute Gasteiger partial charge is 0.469 e. The summed E-state index contributed by atoms with van der Waals surface area (Å²) in [6.45, 7) is -0.602. The Balaban J connectivity index is 2.14. The average molecular weight is 335 g/mol. The second kappa shape index (κ2) is 6.39. The number of primary amides is 1.